The number of tetrazole rings is 1. The molecule has 0 amide bonds. The van der Waals surface area contributed by atoms with Crippen molar-refractivity contribution >= 4 is 10.9 Å². The van der Waals surface area contributed by atoms with Crippen LogP contribution in [-0.2, 0) is 11.3 Å². The molecule has 1 aliphatic carbocycles. The second kappa shape index (κ2) is 11.5. The van der Waals surface area contributed by atoms with Crippen LogP contribution in [0.5, 0.6) is 5.75 Å². The maximum Gasteiger partial charge on any atom is 0.252 e. The molecule has 9 heteroatoms. The number of nitrogens with zero attached hydrogens (tertiary/aromatic N) is 5. The molecule has 0 unspecified atom stereocenters. The largest absolute Gasteiger partial charge is 0.497 e. The highest BCUT2D eigenvalue weighted by molar-refractivity contribution is 5.80. The number of fused-ring (bicyclic) bond motifs is 1. The highest BCUT2D eigenvalue weighted by atomic mass is 16.5. The molecule has 1 saturated heterocycles. The van der Waals surface area contributed by atoms with Gasteiger partial charge in [0.05, 0.1) is 25.3 Å². The van der Waals surface area contributed by atoms with Crippen LogP contribution in [0.2, 0.25) is 0 Å². The van der Waals surface area contributed by atoms with Crippen molar-refractivity contribution in [1.29, 1.82) is 0 Å². The first-order chi connectivity index (χ1) is 17.7. The third-order valence-corrected chi connectivity index (χ3v) is 7.70. The zero-order valence-corrected chi connectivity index (χ0v) is 21.5. The van der Waals surface area contributed by atoms with Crippen LogP contribution in [0.1, 0.15) is 88.2 Å². The van der Waals surface area contributed by atoms with E-state index in [0.717, 1.165) is 79.7 Å². The van der Waals surface area contributed by atoms with Crippen LogP contribution >= 0.6 is 0 Å². The molecule has 194 valence electrons. The van der Waals surface area contributed by atoms with Gasteiger partial charge >= 0.3 is 0 Å². The first-order valence-electron chi connectivity index (χ1n) is 13.5. The summed E-state index contributed by atoms with van der Waals surface area (Å²) in [6, 6.07) is 8.07. The smallest absolute Gasteiger partial charge is 0.252 e. The van der Waals surface area contributed by atoms with Crippen molar-refractivity contribution in [2.24, 2.45) is 0 Å². The molecule has 2 atom stereocenters. The maximum absolute atomic E-state index is 13.2. The van der Waals surface area contributed by atoms with Crippen molar-refractivity contribution in [3.05, 3.63) is 46.0 Å². The van der Waals surface area contributed by atoms with Gasteiger partial charge in [0.1, 0.15) is 5.75 Å². The molecule has 3 aromatic rings. The van der Waals surface area contributed by atoms with Crippen molar-refractivity contribution < 1.29 is 9.47 Å². The Morgan fingerprint density at radius 1 is 1.19 bits per heavy atom. The fourth-order valence-electron chi connectivity index (χ4n) is 5.80. The summed E-state index contributed by atoms with van der Waals surface area (Å²) in [4.78, 5) is 18.6. The van der Waals surface area contributed by atoms with Crippen molar-refractivity contribution in [3.8, 4) is 5.75 Å². The highest BCUT2D eigenvalue weighted by Gasteiger charge is 2.32. The van der Waals surface area contributed by atoms with Gasteiger partial charge in [-0.2, -0.15) is 0 Å². The number of hydrogen-bond acceptors (Lipinski definition) is 7. The lowest BCUT2D eigenvalue weighted by Crippen LogP contribution is -2.38. The van der Waals surface area contributed by atoms with Gasteiger partial charge in [-0.1, -0.05) is 32.6 Å². The summed E-state index contributed by atoms with van der Waals surface area (Å²) in [6.45, 7) is 4.25. The molecule has 36 heavy (non-hydrogen) atoms. The van der Waals surface area contributed by atoms with E-state index in [4.69, 9.17) is 9.47 Å². The molecule has 2 fully saturated rings. The molecule has 9 nitrogen and oxygen atoms in total. The number of methoxy groups -OCH3 is 1. The second-order valence-corrected chi connectivity index (χ2v) is 10.2. The second-order valence-electron chi connectivity index (χ2n) is 10.2. The van der Waals surface area contributed by atoms with Gasteiger partial charge in [-0.15, -0.1) is 5.10 Å². The van der Waals surface area contributed by atoms with E-state index in [2.05, 4.69) is 37.0 Å². The topological polar surface area (TPSA) is 98.2 Å². The number of benzene rings is 1. The van der Waals surface area contributed by atoms with Crippen LogP contribution in [0.3, 0.4) is 0 Å². The number of H-pyrrole nitrogens is 1. The van der Waals surface area contributed by atoms with Gasteiger partial charge in [-0.3, -0.25) is 9.69 Å². The van der Waals surface area contributed by atoms with Gasteiger partial charge in [-0.05, 0) is 66.8 Å². The number of nitrogens with one attached hydrogen (secondary N) is 1. The molecule has 1 N–H and O–H groups in total. The minimum absolute atomic E-state index is 0.0107. The van der Waals surface area contributed by atoms with E-state index in [1.54, 1.807) is 7.11 Å². The van der Waals surface area contributed by atoms with E-state index in [-0.39, 0.29) is 17.7 Å². The maximum atomic E-state index is 13.2. The van der Waals surface area contributed by atoms with Crippen molar-refractivity contribution in [2.75, 3.05) is 20.3 Å². The van der Waals surface area contributed by atoms with Crippen LogP contribution in [0.15, 0.2) is 29.1 Å². The molecule has 1 saturated carbocycles. The summed E-state index contributed by atoms with van der Waals surface area (Å²) < 4.78 is 13.5. The molecule has 0 bridgehead atoms. The minimum Gasteiger partial charge on any atom is -0.497 e. The average molecular weight is 495 g/mol. The standard InChI is InChI=1S/C27H38N6O3/c1-3-8-25(26-29-30-31-33(26)21-9-5-4-6-10-21)32(18-23-11-7-14-36-23)17-20-15-19-16-22(35-2)12-13-24(19)28-27(20)34/h12-13,15-16,21,23,25H,3-11,14,17-18H2,1-2H3,(H,28,34)/t23-,25+/m0/s1. The number of aromatic nitrogens is 5. The fourth-order valence-corrected chi connectivity index (χ4v) is 5.80. The van der Waals surface area contributed by atoms with E-state index < -0.39 is 0 Å². The Hall–Kier alpha value is -2.78. The summed E-state index contributed by atoms with van der Waals surface area (Å²) in [5, 5.41) is 14.1. The Bertz CT molecular complexity index is 1200. The highest BCUT2D eigenvalue weighted by Crippen LogP contribution is 2.33. The van der Waals surface area contributed by atoms with Crippen molar-refractivity contribution in [1.82, 2.24) is 30.1 Å². The number of rotatable bonds is 10. The first kappa shape index (κ1) is 24.9. The van der Waals surface area contributed by atoms with E-state index in [1.807, 2.05) is 24.3 Å². The van der Waals surface area contributed by atoms with E-state index in [9.17, 15) is 4.79 Å². The summed E-state index contributed by atoms with van der Waals surface area (Å²) >= 11 is 0. The Balaban J connectivity index is 1.50. The number of ether oxygens (including phenoxy) is 2. The van der Waals surface area contributed by atoms with Gasteiger partial charge in [0.15, 0.2) is 5.82 Å². The number of aromatic amines is 1. The summed E-state index contributed by atoms with van der Waals surface area (Å²) in [5.41, 5.74) is 1.47. The molecule has 0 spiro atoms. The van der Waals surface area contributed by atoms with Gasteiger partial charge in [0, 0.05) is 36.2 Å². The minimum atomic E-state index is -0.0628. The summed E-state index contributed by atoms with van der Waals surface area (Å²) in [5.74, 6) is 1.69. The van der Waals surface area contributed by atoms with Gasteiger partial charge < -0.3 is 14.5 Å². The third-order valence-electron chi connectivity index (χ3n) is 7.70. The number of hydrogen-bond donors (Lipinski definition) is 1. The van der Waals surface area contributed by atoms with E-state index in [0.29, 0.717) is 12.6 Å². The van der Waals surface area contributed by atoms with Gasteiger partial charge in [0.2, 0.25) is 0 Å². The molecule has 0 radical (unpaired) electrons. The van der Waals surface area contributed by atoms with E-state index >= 15 is 0 Å². The molecule has 5 rings (SSSR count). The number of pyridine rings is 1. The molecule has 3 heterocycles. The molecule has 1 aliphatic heterocycles. The van der Waals surface area contributed by atoms with Crippen LogP contribution in [0, 0.1) is 0 Å². The molecule has 2 aliphatic rings. The SMILES string of the molecule is CCC[C@H](c1nnnn1C1CCCCC1)N(Cc1cc2cc(OC)ccc2[nH]c1=O)C[C@@H]1CCCO1. The van der Waals surface area contributed by atoms with Crippen LogP contribution in [-0.4, -0.2) is 56.5 Å². The third kappa shape index (κ3) is 5.47. The Labute approximate surface area is 212 Å². The first-order valence-corrected chi connectivity index (χ1v) is 13.5. The average Bonchev–Trinajstić information content (AvgIpc) is 3.60. The Kier molecular flexibility index (Phi) is 7.96. The Morgan fingerprint density at radius 2 is 2.06 bits per heavy atom. The molecular formula is C27H38N6O3. The summed E-state index contributed by atoms with van der Waals surface area (Å²) in [6.07, 6.45) is 10.1. The zero-order valence-electron chi connectivity index (χ0n) is 21.5. The normalized spacial score (nSPS) is 19.8. The van der Waals surface area contributed by atoms with Gasteiger partial charge in [-0.25, -0.2) is 4.68 Å². The fraction of sp³-hybridized carbons (Fsp3) is 0.630. The monoisotopic (exact) mass is 494 g/mol. The Morgan fingerprint density at radius 3 is 2.81 bits per heavy atom. The van der Waals surface area contributed by atoms with Crippen LogP contribution in [0.4, 0.5) is 0 Å². The molecule has 1 aromatic carbocycles. The predicted molar refractivity (Wildman–Crippen MR) is 138 cm³/mol. The van der Waals surface area contributed by atoms with Crippen molar-refractivity contribution in [3.63, 3.8) is 0 Å². The molecule has 2 aromatic heterocycles. The van der Waals surface area contributed by atoms with Crippen molar-refractivity contribution in [2.45, 2.75) is 89.4 Å². The molecular weight excluding hydrogens is 456 g/mol. The van der Waals surface area contributed by atoms with Gasteiger partial charge in [0.25, 0.3) is 5.56 Å². The zero-order chi connectivity index (χ0) is 24.9. The van der Waals surface area contributed by atoms with Crippen LogP contribution in [0.25, 0.3) is 10.9 Å². The summed E-state index contributed by atoms with van der Waals surface area (Å²) in [7, 11) is 1.66. The van der Waals surface area contributed by atoms with Crippen LogP contribution < -0.4 is 10.3 Å². The lowest BCUT2D eigenvalue weighted by atomic mass is 9.95. The quantitative estimate of drug-likeness (QED) is 0.441. The predicted octanol–water partition coefficient (Wildman–Crippen LogP) is 4.55. The lowest BCUT2D eigenvalue weighted by Gasteiger charge is -2.33. The van der Waals surface area contributed by atoms with E-state index in [1.165, 1.54) is 19.3 Å². The lowest BCUT2D eigenvalue weighted by molar-refractivity contribution is 0.0468.